The monoisotopic (exact) mass is 308 g/mol. The van der Waals surface area contributed by atoms with Crippen molar-refractivity contribution in [1.29, 1.82) is 0 Å². The van der Waals surface area contributed by atoms with Gasteiger partial charge in [0, 0.05) is 0 Å². The van der Waals surface area contributed by atoms with Crippen molar-refractivity contribution < 1.29 is 10.2 Å². The van der Waals surface area contributed by atoms with E-state index in [1.165, 1.54) is 24.8 Å². The number of aliphatic hydroxyl groups is 2. The van der Waals surface area contributed by atoms with Gasteiger partial charge in [0.25, 0.3) is 0 Å². The molecule has 0 amide bonds. The molecule has 0 radical (unpaired) electrons. The predicted molar refractivity (Wildman–Crippen MR) is 92.7 cm³/mol. The molecule has 0 spiro atoms. The smallest absolute Gasteiger partial charge is 0.0732 e. The van der Waals surface area contributed by atoms with Crippen LogP contribution in [-0.4, -0.2) is 22.4 Å². The lowest BCUT2D eigenvalue weighted by Gasteiger charge is -2.63. The van der Waals surface area contributed by atoms with Gasteiger partial charge in [-0.25, -0.2) is 0 Å². The number of hydrogen-bond donors (Lipinski definition) is 2. The van der Waals surface area contributed by atoms with Crippen molar-refractivity contribution in [1.82, 2.24) is 0 Å². The van der Waals surface area contributed by atoms with Crippen molar-refractivity contribution in [2.45, 2.75) is 85.2 Å². The zero-order valence-electron chi connectivity index (χ0n) is 15.3. The van der Waals surface area contributed by atoms with Crippen LogP contribution in [0.5, 0.6) is 0 Å². The minimum Gasteiger partial charge on any atom is -0.392 e. The first-order valence-corrected chi connectivity index (χ1v) is 9.16. The van der Waals surface area contributed by atoms with E-state index in [0.717, 1.165) is 25.7 Å². The van der Waals surface area contributed by atoms with Gasteiger partial charge in [0.2, 0.25) is 0 Å². The molecule has 0 saturated heterocycles. The maximum absolute atomic E-state index is 11.8. The first-order chi connectivity index (χ1) is 10.2. The molecular weight excluding hydrogens is 272 g/mol. The van der Waals surface area contributed by atoms with E-state index in [2.05, 4.69) is 34.6 Å². The Hall–Kier alpha value is -0.340. The van der Waals surface area contributed by atoms with Crippen LogP contribution in [-0.2, 0) is 0 Å². The highest BCUT2D eigenvalue weighted by atomic mass is 16.3. The summed E-state index contributed by atoms with van der Waals surface area (Å²) in [5.41, 5.74) is 1.00. The van der Waals surface area contributed by atoms with Crippen molar-refractivity contribution >= 4 is 0 Å². The van der Waals surface area contributed by atoms with Crippen LogP contribution in [0.2, 0.25) is 0 Å². The molecule has 2 heteroatoms. The Balaban J connectivity index is 2.28. The van der Waals surface area contributed by atoms with Crippen LogP contribution in [0.15, 0.2) is 11.6 Å². The molecule has 0 bridgehead atoms. The molecule has 2 saturated carbocycles. The highest BCUT2D eigenvalue weighted by Gasteiger charge is 2.60. The molecule has 0 aromatic heterocycles. The molecule has 2 nitrogen and oxygen atoms in total. The summed E-state index contributed by atoms with van der Waals surface area (Å²) >= 11 is 0. The van der Waals surface area contributed by atoms with Crippen molar-refractivity contribution in [3.8, 4) is 0 Å². The summed E-state index contributed by atoms with van der Waals surface area (Å²) in [7, 11) is 0. The van der Waals surface area contributed by atoms with Gasteiger partial charge in [-0.05, 0) is 68.1 Å². The zero-order valence-corrected chi connectivity index (χ0v) is 15.3. The van der Waals surface area contributed by atoms with Crippen LogP contribution >= 0.6 is 0 Å². The Morgan fingerprint density at radius 3 is 2.50 bits per heavy atom. The molecule has 0 aromatic rings. The Morgan fingerprint density at radius 2 is 1.86 bits per heavy atom. The second kappa shape index (κ2) is 6.28. The third-order valence-electron chi connectivity index (χ3n) is 7.26. The summed E-state index contributed by atoms with van der Waals surface area (Å²) < 4.78 is 0. The maximum Gasteiger partial charge on any atom is 0.0732 e. The van der Waals surface area contributed by atoms with E-state index in [9.17, 15) is 5.11 Å². The minimum absolute atomic E-state index is 0.0336. The lowest BCUT2D eigenvalue weighted by Crippen LogP contribution is -2.62. The summed E-state index contributed by atoms with van der Waals surface area (Å²) in [6, 6.07) is 0. The second-order valence-electron chi connectivity index (χ2n) is 8.95. The molecule has 4 atom stereocenters. The van der Waals surface area contributed by atoms with Gasteiger partial charge < -0.3 is 10.2 Å². The topological polar surface area (TPSA) is 40.5 Å². The average Bonchev–Trinajstić information content (AvgIpc) is 2.42. The fraction of sp³-hybridized carbons (Fsp3) is 0.900. The normalized spacial score (nSPS) is 42.0. The van der Waals surface area contributed by atoms with Gasteiger partial charge in [-0.1, -0.05) is 45.8 Å². The summed E-state index contributed by atoms with van der Waals surface area (Å²) in [6.45, 7) is 11.6. The van der Waals surface area contributed by atoms with Crippen molar-refractivity contribution in [2.75, 3.05) is 6.61 Å². The first kappa shape index (κ1) is 18.0. The van der Waals surface area contributed by atoms with Gasteiger partial charge in [0.1, 0.15) is 0 Å². The van der Waals surface area contributed by atoms with Crippen LogP contribution in [0.3, 0.4) is 0 Å². The van der Waals surface area contributed by atoms with Gasteiger partial charge in [-0.3, -0.25) is 0 Å². The Labute approximate surface area is 137 Å². The summed E-state index contributed by atoms with van der Waals surface area (Å²) in [4.78, 5) is 0. The summed E-state index contributed by atoms with van der Waals surface area (Å²) in [5, 5.41) is 20.8. The van der Waals surface area contributed by atoms with E-state index in [1.807, 2.05) is 6.08 Å². The third kappa shape index (κ3) is 2.89. The standard InChI is InChI=1S/C20H36O2/c1-15(10-14-21)9-13-20(22)16(2)7-8-17-18(3,4)11-6-12-19(17,20)5/h10,16-17,21-22H,6-9,11-14H2,1-5H3/b15-10+/t16-,17+,19?,20-/m1/s1. The molecule has 0 aliphatic heterocycles. The zero-order chi connectivity index (χ0) is 16.6. The molecule has 2 aliphatic rings. The molecule has 0 aromatic carbocycles. The SMILES string of the molecule is C/C(=C\CO)CC[C@@]1(O)[C@H](C)CC[C@H]2C(C)(C)CCCC21C. The average molecular weight is 309 g/mol. The third-order valence-corrected chi connectivity index (χ3v) is 7.26. The van der Waals surface area contributed by atoms with Gasteiger partial charge in [-0.15, -0.1) is 0 Å². The van der Waals surface area contributed by atoms with Crippen LogP contribution < -0.4 is 0 Å². The highest BCUT2D eigenvalue weighted by molar-refractivity contribution is 5.12. The van der Waals surface area contributed by atoms with E-state index >= 15 is 0 Å². The van der Waals surface area contributed by atoms with Crippen LogP contribution in [0.1, 0.15) is 79.6 Å². The number of allylic oxidation sites excluding steroid dienone is 1. The van der Waals surface area contributed by atoms with Crippen molar-refractivity contribution in [3.63, 3.8) is 0 Å². The number of fused-ring (bicyclic) bond motifs is 1. The first-order valence-electron chi connectivity index (χ1n) is 9.16. The molecule has 2 fully saturated rings. The van der Waals surface area contributed by atoms with Crippen LogP contribution in [0.4, 0.5) is 0 Å². The fourth-order valence-electron chi connectivity index (χ4n) is 5.75. The minimum atomic E-state index is -0.571. The van der Waals surface area contributed by atoms with Gasteiger partial charge in [0.05, 0.1) is 12.2 Å². The van der Waals surface area contributed by atoms with Crippen LogP contribution in [0, 0.1) is 22.7 Å². The Kier molecular flexibility index (Phi) is 5.14. The molecule has 22 heavy (non-hydrogen) atoms. The van der Waals surface area contributed by atoms with E-state index in [-0.39, 0.29) is 12.0 Å². The van der Waals surface area contributed by atoms with Gasteiger partial charge >= 0.3 is 0 Å². The highest BCUT2D eigenvalue weighted by Crippen LogP contribution is 2.63. The van der Waals surface area contributed by atoms with Crippen LogP contribution in [0.25, 0.3) is 0 Å². The molecule has 128 valence electrons. The number of rotatable bonds is 4. The van der Waals surface area contributed by atoms with Gasteiger partial charge in [-0.2, -0.15) is 0 Å². The quantitative estimate of drug-likeness (QED) is 0.739. The van der Waals surface area contributed by atoms with Crippen molar-refractivity contribution in [3.05, 3.63) is 11.6 Å². The number of hydrogen-bond acceptors (Lipinski definition) is 2. The summed E-state index contributed by atoms with van der Waals surface area (Å²) in [5.74, 6) is 0.988. The maximum atomic E-state index is 11.8. The Morgan fingerprint density at radius 1 is 1.18 bits per heavy atom. The molecule has 2 aliphatic carbocycles. The molecule has 0 heterocycles. The molecule has 2 rings (SSSR count). The number of aliphatic hydroxyl groups excluding tert-OH is 1. The van der Waals surface area contributed by atoms with Gasteiger partial charge in [0.15, 0.2) is 0 Å². The largest absolute Gasteiger partial charge is 0.392 e. The lowest BCUT2D eigenvalue weighted by molar-refractivity contribution is -0.211. The molecule has 2 N–H and O–H groups in total. The molecule has 1 unspecified atom stereocenters. The second-order valence-corrected chi connectivity index (χ2v) is 8.95. The van der Waals surface area contributed by atoms with E-state index in [4.69, 9.17) is 5.11 Å². The lowest BCUT2D eigenvalue weighted by atomic mass is 9.44. The van der Waals surface area contributed by atoms with Crippen molar-refractivity contribution in [2.24, 2.45) is 22.7 Å². The van der Waals surface area contributed by atoms with E-state index in [1.54, 1.807) is 0 Å². The predicted octanol–water partition coefficient (Wildman–Crippen LogP) is 4.70. The van der Waals surface area contributed by atoms with E-state index < -0.39 is 5.60 Å². The van der Waals surface area contributed by atoms with E-state index in [0.29, 0.717) is 17.3 Å². The molecular formula is C20H36O2. The fourth-order valence-corrected chi connectivity index (χ4v) is 5.75. The Bertz CT molecular complexity index is 425. The summed E-state index contributed by atoms with van der Waals surface area (Å²) in [6.07, 6.45) is 9.69.